The summed E-state index contributed by atoms with van der Waals surface area (Å²) >= 11 is 0. The van der Waals surface area contributed by atoms with E-state index in [2.05, 4.69) is 45.1 Å². The molecule has 5 nitrogen and oxygen atoms in total. The summed E-state index contributed by atoms with van der Waals surface area (Å²) in [5, 5.41) is 13.0. The molecule has 1 aliphatic heterocycles. The molecule has 0 amide bonds. The topological polar surface area (TPSA) is 48.8 Å². The van der Waals surface area contributed by atoms with E-state index in [9.17, 15) is 5.11 Å². The van der Waals surface area contributed by atoms with Gasteiger partial charge in [-0.15, -0.1) is 0 Å². The molecule has 1 atom stereocenters. The van der Waals surface area contributed by atoms with Gasteiger partial charge in [0.25, 0.3) is 0 Å². The zero-order valence-electron chi connectivity index (χ0n) is 18.9. The van der Waals surface area contributed by atoms with Gasteiger partial charge in [-0.1, -0.05) is 36.4 Å². The Kier molecular flexibility index (Phi) is 6.39. The highest BCUT2D eigenvalue weighted by atomic mass is 16.5. The van der Waals surface area contributed by atoms with Crippen LogP contribution in [0, 0.1) is 12.8 Å². The van der Waals surface area contributed by atoms with Gasteiger partial charge >= 0.3 is 0 Å². The van der Waals surface area contributed by atoms with Crippen LogP contribution in [0.2, 0.25) is 0 Å². The van der Waals surface area contributed by atoms with Gasteiger partial charge in [-0.3, -0.25) is 9.88 Å². The molecule has 2 heterocycles. The van der Waals surface area contributed by atoms with Crippen molar-refractivity contribution in [3.63, 3.8) is 0 Å². The Bertz CT molecular complexity index is 1040. The van der Waals surface area contributed by atoms with Crippen LogP contribution in [0.25, 0.3) is 21.9 Å². The molecule has 2 aromatic carbocycles. The third-order valence-electron chi connectivity index (χ3n) is 6.67. The lowest BCUT2D eigenvalue weighted by Crippen LogP contribution is -2.49. The molecule has 0 bridgehead atoms. The van der Waals surface area contributed by atoms with E-state index in [0.29, 0.717) is 6.54 Å². The molecule has 1 aromatic heterocycles. The summed E-state index contributed by atoms with van der Waals surface area (Å²) in [7, 11) is 0. The van der Waals surface area contributed by atoms with Gasteiger partial charge in [-0.05, 0) is 48.6 Å². The predicted octanol–water partition coefficient (Wildman–Crippen LogP) is 3.98. The summed E-state index contributed by atoms with van der Waals surface area (Å²) in [6.45, 7) is 8.47. The largest absolute Gasteiger partial charge is 0.490 e. The zero-order valence-corrected chi connectivity index (χ0v) is 18.9. The number of rotatable bonds is 8. The lowest BCUT2D eigenvalue weighted by atomic mass is 9.98. The van der Waals surface area contributed by atoms with Crippen molar-refractivity contribution in [2.75, 3.05) is 45.9 Å². The van der Waals surface area contributed by atoms with Crippen molar-refractivity contribution in [2.45, 2.75) is 25.9 Å². The first-order valence-electron chi connectivity index (χ1n) is 11.9. The summed E-state index contributed by atoms with van der Waals surface area (Å²) in [5.41, 5.74) is 3.06. The number of hydrogen-bond donors (Lipinski definition) is 1. The average Bonchev–Trinajstić information content (AvgIpc) is 3.63. The molecule has 2 fully saturated rings. The van der Waals surface area contributed by atoms with Crippen molar-refractivity contribution in [2.24, 2.45) is 5.92 Å². The molecule has 1 saturated heterocycles. The lowest BCUT2D eigenvalue weighted by molar-refractivity contribution is 0.0454. The number of ether oxygens (including phenoxy) is 1. The molecule has 0 spiro atoms. The fourth-order valence-electron chi connectivity index (χ4n) is 4.64. The molecule has 1 unspecified atom stereocenters. The average molecular weight is 432 g/mol. The quantitative estimate of drug-likeness (QED) is 0.585. The Balaban J connectivity index is 1.25. The second-order valence-electron chi connectivity index (χ2n) is 9.36. The fourth-order valence-corrected chi connectivity index (χ4v) is 4.64. The number of piperazine rings is 1. The van der Waals surface area contributed by atoms with Gasteiger partial charge in [0.05, 0.1) is 0 Å². The third kappa shape index (κ3) is 5.12. The van der Waals surface area contributed by atoms with Crippen LogP contribution in [0.5, 0.6) is 5.75 Å². The molecule has 0 radical (unpaired) electrons. The Morgan fingerprint density at radius 3 is 2.53 bits per heavy atom. The van der Waals surface area contributed by atoms with Crippen LogP contribution in [-0.2, 0) is 0 Å². The summed E-state index contributed by atoms with van der Waals surface area (Å²) in [4.78, 5) is 9.43. The van der Waals surface area contributed by atoms with Crippen LogP contribution in [0.4, 0.5) is 0 Å². The SMILES string of the molecule is Cc1ccc(-c2c(OCC(O)CN3CCN(CC4CC4)CC3)ccc3ccccc23)cn1. The number of aliphatic hydroxyl groups is 1. The van der Waals surface area contributed by atoms with Crippen LogP contribution in [0.1, 0.15) is 18.5 Å². The van der Waals surface area contributed by atoms with E-state index < -0.39 is 6.10 Å². The van der Waals surface area contributed by atoms with E-state index in [1.165, 1.54) is 24.8 Å². The van der Waals surface area contributed by atoms with Gasteiger partial charge in [0.2, 0.25) is 0 Å². The second kappa shape index (κ2) is 9.57. The van der Waals surface area contributed by atoms with Crippen LogP contribution >= 0.6 is 0 Å². The first-order valence-corrected chi connectivity index (χ1v) is 11.9. The van der Waals surface area contributed by atoms with Gasteiger partial charge in [0, 0.05) is 62.3 Å². The summed E-state index contributed by atoms with van der Waals surface area (Å²) in [5.74, 6) is 1.74. The second-order valence-corrected chi connectivity index (χ2v) is 9.36. The number of fused-ring (bicyclic) bond motifs is 1. The monoisotopic (exact) mass is 431 g/mol. The Hall–Kier alpha value is -2.47. The van der Waals surface area contributed by atoms with E-state index in [1.54, 1.807) is 0 Å². The Morgan fingerprint density at radius 2 is 1.78 bits per heavy atom. The number of pyridine rings is 1. The third-order valence-corrected chi connectivity index (χ3v) is 6.67. The van der Waals surface area contributed by atoms with Gasteiger partial charge in [0.1, 0.15) is 18.5 Å². The number of β-amino-alcohol motifs (C(OH)–C–C–N with tert-alkyl or cyclic N) is 1. The van der Waals surface area contributed by atoms with Crippen LogP contribution < -0.4 is 4.74 Å². The molecule has 2 aliphatic rings. The van der Waals surface area contributed by atoms with Gasteiger partial charge < -0.3 is 14.7 Å². The van der Waals surface area contributed by atoms with E-state index >= 15 is 0 Å². The van der Waals surface area contributed by atoms with Crippen molar-refractivity contribution in [3.05, 3.63) is 60.4 Å². The number of aryl methyl sites for hydroxylation is 1. The minimum Gasteiger partial charge on any atom is -0.490 e. The Labute approximate surface area is 190 Å². The van der Waals surface area contributed by atoms with E-state index in [4.69, 9.17) is 4.74 Å². The minimum absolute atomic E-state index is 0.285. The first kappa shape index (κ1) is 21.4. The van der Waals surface area contributed by atoms with Gasteiger partial charge in [-0.25, -0.2) is 0 Å². The van der Waals surface area contributed by atoms with Crippen LogP contribution in [-0.4, -0.2) is 71.9 Å². The van der Waals surface area contributed by atoms with Crippen molar-refractivity contribution in [1.82, 2.24) is 14.8 Å². The predicted molar refractivity (Wildman–Crippen MR) is 129 cm³/mol. The maximum absolute atomic E-state index is 10.7. The smallest absolute Gasteiger partial charge is 0.127 e. The number of aliphatic hydroxyl groups excluding tert-OH is 1. The molecule has 1 N–H and O–H groups in total. The molecular weight excluding hydrogens is 398 g/mol. The number of benzene rings is 2. The molecule has 32 heavy (non-hydrogen) atoms. The summed E-state index contributed by atoms with van der Waals surface area (Å²) in [6, 6.07) is 16.6. The Morgan fingerprint density at radius 1 is 1.00 bits per heavy atom. The number of hydrogen-bond acceptors (Lipinski definition) is 5. The number of aromatic nitrogens is 1. The zero-order chi connectivity index (χ0) is 21.9. The van der Waals surface area contributed by atoms with Crippen molar-refractivity contribution in [1.29, 1.82) is 0 Å². The highest BCUT2D eigenvalue weighted by Gasteiger charge is 2.27. The standard InChI is InChI=1S/C27H33N3O2/c1-20-6-9-23(16-28-20)27-25-5-3-2-4-22(25)10-11-26(27)32-19-24(31)18-30-14-12-29(13-15-30)17-21-7-8-21/h2-6,9-11,16,21,24,31H,7-8,12-15,17-19H2,1H3. The molecule has 168 valence electrons. The molecule has 5 rings (SSSR count). The van der Waals surface area contributed by atoms with Gasteiger partial charge in [0.15, 0.2) is 0 Å². The van der Waals surface area contributed by atoms with E-state index in [-0.39, 0.29) is 6.61 Å². The van der Waals surface area contributed by atoms with Crippen LogP contribution in [0.3, 0.4) is 0 Å². The highest BCUT2D eigenvalue weighted by Crippen LogP contribution is 2.37. The fraction of sp³-hybridized carbons (Fsp3) is 0.444. The molecule has 5 heteroatoms. The van der Waals surface area contributed by atoms with Crippen LogP contribution in [0.15, 0.2) is 54.7 Å². The van der Waals surface area contributed by atoms with Crippen molar-refractivity contribution in [3.8, 4) is 16.9 Å². The molecule has 3 aromatic rings. The first-order chi connectivity index (χ1) is 15.7. The van der Waals surface area contributed by atoms with Crippen molar-refractivity contribution >= 4 is 10.8 Å². The summed E-state index contributed by atoms with van der Waals surface area (Å²) < 4.78 is 6.20. The van der Waals surface area contributed by atoms with Crippen molar-refractivity contribution < 1.29 is 9.84 Å². The number of nitrogens with zero attached hydrogens (tertiary/aromatic N) is 3. The normalized spacial score (nSPS) is 18.7. The maximum atomic E-state index is 10.7. The maximum Gasteiger partial charge on any atom is 0.127 e. The van der Waals surface area contributed by atoms with E-state index in [0.717, 1.165) is 60.1 Å². The molecule has 1 aliphatic carbocycles. The molecule has 1 saturated carbocycles. The minimum atomic E-state index is -0.513. The summed E-state index contributed by atoms with van der Waals surface area (Å²) in [6.07, 6.45) is 4.21. The molecular formula is C27H33N3O2. The highest BCUT2D eigenvalue weighted by molar-refractivity contribution is 5.99. The van der Waals surface area contributed by atoms with Gasteiger partial charge in [-0.2, -0.15) is 0 Å². The lowest BCUT2D eigenvalue weighted by Gasteiger charge is -2.35. The van der Waals surface area contributed by atoms with E-state index in [1.807, 2.05) is 31.3 Å².